The van der Waals surface area contributed by atoms with Crippen molar-refractivity contribution < 1.29 is 15.0 Å². The maximum absolute atomic E-state index is 11.0. The lowest BCUT2D eigenvalue weighted by atomic mass is 10.3. The van der Waals surface area contributed by atoms with E-state index in [4.69, 9.17) is 5.11 Å². The monoisotopic (exact) mass is 247 g/mol. The molecule has 3 rings (SSSR count). The van der Waals surface area contributed by atoms with Crippen LogP contribution in [0.5, 0.6) is 0 Å². The molecule has 0 unspecified atom stereocenters. The Morgan fingerprint density at radius 1 is 1.50 bits per heavy atom. The number of carboxylic acids is 1. The molecule has 2 aromatic rings. The lowest BCUT2D eigenvalue weighted by Crippen LogP contribution is -2.21. The summed E-state index contributed by atoms with van der Waals surface area (Å²) >= 11 is 0. The van der Waals surface area contributed by atoms with Gasteiger partial charge >= 0.3 is 5.97 Å². The molecule has 1 fully saturated rings. The van der Waals surface area contributed by atoms with Crippen LogP contribution in [0.2, 0.25) is 0 Å². The standard InChI is InChI=1S/C12H13N3O3/c16-9-2-3-14(7-9)8-1-4-15-10(12(17)18)6-13-11(15)5-8/h1,4-6,9,16H,2-3,7H2,(H,17,18)/t9-/m1/s1. The van der Waals surface area contributed by atoms with Gasteiger partial charge in [0, 0.05) is 31.0 Å². The third-order valence-electron chi connectivity index (χ3n) is 3.24. The van der Waals surface area contributed by atoms with Crippen molar-refractivity contribution in [3.8, 4) is 0 Å². The second-order valence-corrected chi connectivity index (χ2v) is 4.45. The summed E-state index contributed by atoms with van der Waals surface area (Å²) in [6.07, 6.45) is 3.53. The molecule has 6 heteroatoms. The molecule has 1 atom stereocenters. The van der Waals surface area contributed by atoms with Crippen molar-refractivity contribution in [2.24, 2.45) is 0 Å². The van der Waals surface area contributed by atoms with Gasteiger partial charge < -0.3 is 15.1 Å². The minimum atomic E-state index is -0.994. The maximum atomic E-state index is 11.0. The van der Waals surface area contributed by atoms with Crippen LogP contribution in [-0.4, -0.2) is 44.8 Å². The summed E-state index contributed by atoms with van der Waals surface area (Å²) in [4.78, 5) is 17.1. The zero-order chi connectivity index (χ0) is 12.7. The minimum Gasteiger partial charge on any atom is -0.477 e. The summed E-state index contributed by atoms with van der Waals surface area (Å²) in [5, 5.41) is 18.5. The zero-order valence-corrected chi connectivity index (χ0v) is 9.65. The predicted octanol–water partition coefficient (Wildman–Crippen LogP) is 0.603. The van der Waals surface area contributed by atoms with Crippen LogP contribution in [0.4, 0.5) is 5.69 Å². The molecule has 0 bridgehead atoms. The number of aromatic carboxylic acids is 1. The maximum Gasteiger partial charge on any atom is 0.354 e. The number of nitrogens with zero attached hydrogens (tertiary/aromatic N) is 3. The fraction of sp³-hybridized carbons (Fsp3) is 0.333. The number of aliphatic hydroxyl groups is 1. The third kappa shape index (κ3) is 1.70. The number of hydrogen-bond acceptors (Lipinski definition) is 4. The molecule has 3 heterocycles. The van der Waals surface area contributed by atoms with E-state index in [9.17, 15) is 9.90 Å². The van der Waals surface area contributed by atoms with E-state index < -0.39 is 5.97 Å². The van der Waals surface area contributed by atoms with E-state index in [-0.39, 0.29) is 11.8 Å². The van der Waals surface area contributed by atoms with Crippen LogP contribution in [0.1, 0.15) is 16.9 Å². The smallest absolute Gasteiger partial charge is 0.354 e. The first-order valence-corrected chi connectivity index (χ1v) is 5.78. The Balaban J connectivity index is 1.99. The first kappa shape index (κ1) is 11.0. The lowest BCUT2D eigenvalue weighted by Gasteiger charge is -2.17. The Morgan fingerprint density at radius 2 is 2.33 bits per heavy atom. The molecule has 1 aliphatic rings. The summed E-state index contributed by atoms with van der Waals surface area (Å²) < 4.78 is 1.54. The fourth-order valence-corrected chi connectivity index (χ4v) is 2.30. The van der Waals surface area contributed by atoms with Crippen molar-refractivity contribution in [3.63, 3.8) is 0 Å². The molecule has 18 heavy (non-hydrogen) atoms. The summed E-state index contributed by atoms with van der Waals surface area (Å²) in [7, 11) is 0. The molecular weight excluding hydrogens is 234 g/mol. The number of anilines is 1. The van der Waals surface area contributed by atoms with Crippen molar-refractivity contribution in [2.75, 3.05) is 18.0 Å². The summed E-state index contributed by atoms with van der Waals surface area (Å²) in [5.41, 5.74) is 1.71. The first-order chi connectivity index (χ1) is 8.65. The third-order valence-corrected chi connectivity index (χ3v) is 3.24. The molecule has 1 aliphatic heterocycles. The highest BCUT2D eigenvalue weighted by Crippen LogP contribution is 2.22. The van der Waals surface area contributed by atoms with Crippen LogP contribution in [0, 0.1) is 0 Å². The van der Waals surface area contributed by atoms with Crippen LogP contribution in [-0.2, 0) is 0 Å². The number of β-amino-alcohol motifs (C(OH)–C–C–N with tert-alkyl or cyclic N) is 1. The van der Waals surface area contributed by atoms with Gasteiger partial charge in [-0.05, 0) is 12.5 Å². The first-order valence-electron chi connectivity index (χ1n) is 5.78. The summed E-state index contributed by atoms with van der Waals surface area (Å²) in [6, 6.07) is 3.68. The highest BCUT2D eigenvalue weighted by atomic mass is 16.4. The Morgan fingerprint density at radius 3 is 3.00 bits per heavy atom. The van der Waals surface area contributed by atoms with Gasteiger partial charge in [-0.1, -0.05) is 0 Å². The van der Waals surface area contributed by atoms with Crippen molar-refractivity contribution in [3.05, 3.63) is 30.2 Å². The Labute approximate surface area is 103 Å². The van der Waals surface area contributed by atoms with E-state index in [1.807, 2.05) is 12.1 Å². The van der Waals surface area contributed by atoms with Gasteiger partial charge in [0.15, 0.2) is 5.69 Å². The van der Waals surface area contributed by atoms with E-state index in [1.165, 1.54) is 6.20 Å². The van der Waals surface area contributed by atoms with Gasteiger partial charge in [0.25, 0.3) is 0 Å². The average Bonchev–Trinajstić information content (AvgIpc) is 2.93. The van der Waals surface area contributed by atoms with Crippen molar-refractivity contribution >= 4 is 17.3 Å². The van der Waals surface area contributed by atoms with Gasteiger partial charge in [-0.25, -0.2) is 9.78 Å². The Kier molecular flexibility index (Phi) is 2.45. The number of carbonyl (C=O) groups is 1. The minimum absolute atomic E-state index is 0.151. The van der Waals surface area contributed by atoms with Gasteiger partial charge in [0.1, 0.15) is 5.65 Å². The molecule has 0 aliphatic carbocycles. The molecule has 94 valence electrons. The number of fused-ring (bicyclic) bond motifs is 1. The number of imidazole rings is 1. The summed E-state index contributed by atoms with van der Waals surface area (Å²) in [5.74, 6) is -0.994. The van der Waals surface area contributed by atoms with Gasteiger partial charge in [-0.15, -0.1) is 0 Å². The molecule has 1 saturated heterocycles. The molecule has 0 aromatic carbocycles. The number of pyridine rings is 1. The van der Waals surface area contributed by atoms with Gasteiger partial charge in [-0.2, -0.15) is 0 Å². The topological polar surface area (TPSA) is 78.1 Å². The van der Waals surface area contributed by atoms with Crippen molar-refractivity contribution in [1.29, 1.82) is 0 Å². The second-order valence-electron chi connectivity index (χ2n) is 4.45. The largest absolute Gasteiger partial charge is 0.477 e. The number of hydrogen-bond donors (Lipinski definition) is 2. The van der Waals surface area contributed by atoms with Crippen LogP contribution in [0.25, 0.3) is 5.65 Å². The Hall–Kier alpha value is -2.08. The molecular formula is C12H13N3O3. The van der Waals surface area contributed by atoms with Gasteiger partial charge in [0.2, 0.25) is 0 Å². The molecule has 0 saturated carbocycles. The van der Waals surface area contributed by atoms with Crippen molar-refractivity contribution in [2.45, 2.75) is 12.5 Å². The fourth-order valence-electron chi connectivity index (χ4n) is 2.30. The van der Waals surface area contributed by atoms with E-state index >= 15 is 0 Å². The normalized spacial score (nSPS) is 19.6. The molecule has 0 amide bonds. The average molecular weight is 247 g/mol. The molecule has 0 spiro atoms. The molecule has 2 aromatic heterocycles. The van der Waals surface area contributed by atoms with Crippen LogP contribution < -0.4 is 4.90 Å². The number of aromatic nitrogens is 2. The quantitative estimate of drug-likeness (QED) is 0.812. The van der Waals surface area contributed by atoms with Crippen LogP contribution >= 0.6 is 0 Å². The predicted molar refractivity (Wildman–Crippen MR) is 65.0 cm³/mol. The number of aliphatic hydroxyl groups excluding tert-OH is 1. The molecule has 6 nitrogen and oxygen atoms in total. The Bertz CT molecular complexity index is 608. The van der Waals surface area contributed by atoms with E-state index in [0.717, 1.165) is 18.7 Å². The van der Waals surface area contributed by atoms with E-state index in [0.29, 0.717) is 12.2 Å². The lowest BCUT2D eigenvalue weighted by molar-refractivity contribution is 0.0689. The van der Waals surface area contributed by atoms with E-state index in [2.05, 4.69) is 9.88 Å². The van der Waals surface area contributed by atoms with Gasteiger partial charge in [-0.3, -0.25) is 4.40 Å². The molecule has 0 radical (unpaired) electrons. The molecule has 2 N–H and O–H groups in total. The second kappa shape index (κ2) is 3.99. The number of rotatable bonds is 2. The highest BCUT2D eigenvalue weighted by molar-refractivity contribution is 5.86. The highest BCUT2D eigenvalue weighted by Gasteiger charge is 2.21. The van der Waals surface area contributed by atoms with E-state index in [1.54, 1.807) is 10.6 Å². The summed E-state index contributed by atoms with van der Waals surface area (Å²) in [6.45, 7) is 1.42. The van der Waals surface area contributed by atoms with Crippen molar-refractivity contribution in [1.82, 2.24) is 9.38 Å². The SMILES string of the molecule is O=C(O)c1cnc2cc(N3CC[C@@H](O)C3)ccn12. The van der Waals surface area contributed by atoms with Crippen LogP contribution in [0.3, 0.4) is 0 Å². The zero-order valence-electron chi connectivity index (χ0n) is 9.65. The van der Waals surface area contributed by atoms with Gasteiger partial charge in [0.05, 0.1) is 12.3 Å². The number of carboxylic acid groups (broad SMARTS) is 1. The van der Waals surface area contributed by atoms with Crippen LogP contribution in [0.15, 0.2) is 24.5 Å².